The van der Waals surface area contributed by atoms with Gasteiger partial charge in [0.1, 0.15) is 0 Å². The molecule has 0 spiro atoms. The van der Waals surface area contributed by atoms with Gasteiger partial charge in [0.15, 0.2) is 0 Å². The molecular formula is O9Se3. The molecule has 0 N–H and O–H groups in total. The first-order valence-electron chi connectivity index (χ1n) is 2.00. The average Bonchev–Trinajstić information content (AvgIpc) is 1.44. The molecule has 0 amide bonds. The van der Waals surface area contributed by atoms with Gasteiger partial charge in [0.2, 0.25) is 0 Å². The summed E-state index contributed by atoms with van der Waals surface area (Å²) in [6.45, 7) is 0. The van der Waals surface area contributed by atoms with Crippen LogP contribution in [-0.2, 0) is 31.7 Å². The fourth-order valence-electron chi connectivity index (χ4n) is 0.340. The molecule has 0 saturated carbocycles. The first-order valence-corrected chi connectivity index (χ1v) is 10.4. The van der Waals surface area contributed by atoms with Gasteiger partial charge in [-0.15, -0.1) is 0 Å². The quantitative estimate of drug-likeness (QED) is 0.435. The number of hydrogen-bond acceptors (Lipinski definition) is 9. The van der Waals surface area contributed by atoms with E-state index >= 15 is 0 Å². The zero-order valence-corrected chi connectivity index (χ0v) is 10.0. The first kappa shape index (κ1) is 10.3. The van der Waals surface area contributed by atoms with E-state index in [0.717, 1.165) is 0 Å². The van der Waals surface area contributed by atoms with Crippen molar-refractivity contribution in [2.75, 3.05) is 0 Å². The summed E-state index contributed by atoms with van der Waals surface area (Å²) < 4.78 is 71.7. The molecule has 0 unspecified atom stereocenters. The van der Waals surface area contributed by atoms with E-state index in [1.165, 1.54) is 0 Å². The summed E-state index contributed by atoms with van der Waals surface area (Å²) in [5.74, 6) is 0. The Balaban J connectivity index is 3.33. The van der Waals surface area contributed by atoms with Crippen molar-refractivity contribution in [1.29, 1.82) is 0 Å². The van der Waals surface area contributed by atoms with Crippen LogP contribution in [0.3, 0.4) is 0 Å². The first-order chi connectivity index (χ1) is 5.12. The topological polar surface area (TPSA) is 130 Å². The summed E-state index contributed by atoms with van der Waals surface area (Å²) in [6, 6.07) is 0. The minimum absolute atomic E-state index is 3.28. The van der Waals surface area contributed by atoms with E-state index in [4.69, 9.17) is 0 Å². The van der Waals surface area contributed by atoms with Crippen molar-refractivity contribution >= 4 is 40.1 Å². The van der Waals surface area contributed by atoms with E-state index in [9.17, 15) is 23.0 Å². The molecule has 0 aromatic carbocycles. The third-order valence-electron chi connectivity index (χ3n) is 0.500. The zero-order valence-electron chi connectivity index (χ0n) is 4.90. The second kappa shape index (κ2) is 2.61. The number of rotatable bonds is 0. The zero-order chi connectivity index (χ0) is 9.62. The average molecular weight is 381 g/mol. The van der Waals surface area contributed by atoms with Crippen molar-refractivity contribution in [2.45, 2.75) is 0 Å². The minimum atomic E-state index is -5.77. The monoisotopic (exact) mass is 384 g/mol. The normalized spacial score (nSPS) is 31.0. The molecule has 0 radical (unpaired) electrons. The summed E-state index contributed by atoms with van der Waals surface area (Å²) >= 11 is -17.3. The summed E-state index contributed by atoms with van der Waals surface area (Å²) in [4.78, 5) is 0. The fourth-order valence-corrected chi connectivity index (χ4v) is 13.0. The van der Waals surface area contributed by atoms with Gasteiger partial charge in [0.25, 0.3) is 0 Å². The van der Waals surface area contributed by atoms with E-state index in [1.807, 2.05) is 0 Å². The van der Waals surface area contributed by atoms with Crippen LogP contribution in [0.2, 0.25) is 0 Å². The van der Waals surface area contributed by atoms with Gasteiger partial charge in [-0.25, -0.2) is 0 Å². The summed E-state index contributed by atoms with van der Waals surface area (Å²) in [6.07, 6.45) is 0. The molecule has 1 saturated heterocycles. The van der Waals surface area contributed by atoms with Crippen LogP contribution >= 0.6 is 0 Å². The molecule has 0 aliphatic carbocycles. The van der Waals surface area contributed by atoms with Crippen molar-refractivity contribution in [3.05, 3.63) is 0 Å². The SMILES string of the molecule is O=[Se]1(=O)O[Se](=O)(=O)O[Se](=O)(=O)O1. The molecule has 0 bridgehead atoms. The standard InChI is InChI=1S/O9Se3/c1-10(2)7-11(3,4)9-12(5,6)8-10. The molecule has 1 fully saturated rings. The van der Waals surface area contributed by atoms with Crippen LogP contribution in [0.15, 0.2) is 0 Å². The van der Waals surface area contributed by atoms with Crippen molar-refractivity contribution in [3.63, 3.8) is 0 Å². The summed E-state index contributed by atoms with van der Waals surface area (Å²) in [5.41, 5.74) is 0. The molecule has 12 heteroatoms. The van der Waals surface area contributed by atoms with Gasteiger partial charge in [-0.2, -0.15) is 0 Å². The van der Waals surface area contributed by atoms with Crippen LogP contribution in [0.5, 0.6) is 0 Å². The van der Waals surface area contributed by atoms with Gasteiger partial charge in [0, 0.05) is 0 Å². The second-order valence-electron chi connectivity index (χ2n) is 1.43. The van der Waals surface area contributed by atoms with Gasteiger partial charge in [-0.3, -0.25) is 0 Å². The Labute approximate surface area is 71.8 Å². The van der Waals surface area contributed by atoms with E-state index in [-0.39, 0.29) is 0 Å². The molecule has 1 rings (SSSR count). The van der Waals surface area contributed by atoms with E-state index < -0.39 is 40.1 Å². The van der Waals surface area contributed by atoms with E-state index in [1.54, 1.807) is 0 Å². The maximum atomic E-state index is 10.3. The molecule has 1 heterocycles. The van der Waals surface area contributed by atoms with Gasteiger partial charge in [0.05, 0.1) is 0 Å². The van der Waals surface area contributed by atoms with Gasteiger partial charge in [-0.1, -0.05) is 0 Å². The van der Waals surface area contributed by atoms with Crippen molar-refractivity contribution in [2.24, 2.45) is 0 Å². The molecular weight excluding hydrogens is 381 g/mol. The molecule has 9 nitrogen and oxygen atoms in total. The van der Waals surface area contributed by atoms with Gasteiger partial charge in [-0.05, 0) is 0 Å². The summed E-state index contributed by atoms with van der Waals surface area (Å²) in [7, 11) is 0. The second-order valence-corrected chi connectivity index (χ2v) is 11.9. The van der Waals surface area contributed by atoms with Gasteiger partial charge < -0.3 is 0 Å². The molecule has 0 atom stereocenters. The predicted molar refractivity (Wildman–Crippen MR) is 24.6 cm³/mol. The van der Waals surface area contributed by atoms with Crippen LogP contribution < -0.4 is 0 Å². The van der Waals surface area contributed by atoms with Crippen LogP contribution in [0.25, 0.3) is 0 Å². The van der Waals surface area contributed by atoms with Crippen molar-refractivity contribution in [1.82, 2.24) is 0 Å². The van der Waals surface area contributed by atoms with E-state index in [0.29, 0.717) is 0 Å². The molecule has 1 aliphatic heterocycles. The van der Waals surface area contributed by atoms with Crippen LogP contribution in [0.1, 0.15) is 0 Å². The third kappa shape index (κ3) is 2.63. The van der Waals surface area contributed by atoms with Gasteiger partial charge >= 0.3 is 71.8 Å². The van der Waals surface area contributed by atoms with Crippen LogP contribution in [0, 0.1) is 0 Å². The van der Waals surface area contributed by atoms with Crippen molar-refractivity contribution in [3.8, 4) is 0 Å². The molecule has 72 valence electrons. The Morgan fingerprint density at radius 2 is 0.667 bits per heavy atom. The Bertz CT molecular complexity index is 368. The molecule has 0 aromatic rings. The van der Waals surface area contributed by atoms with E-state index in [2.05, 4.69) is 8.70 Å². The van der Waals surface area contributed by atoms with Crippen LogP contribution in [-0.4, -0.2) is 40.1 Å². The Kier molecular flexibility index (Phi) is 2.25. The van der Waals surface area contributed by atoms with Crippen molar-refractivity contribution < 1.29 is 31.7 Å². The molecule has 12 heavy (non-hydrogen) atoms. The third-order valence-corrected chi connectivity index (χ3v) is 13.5. The Hall–Kier alpha value is 0.238. The van der Waals surface area contributed by atoms with Crippen LogP contribution in [0.4, 0.5) is 0 Å². The summed E-state index contributed by atoms with van der Waals surface area (Å²) in [5, 5.41) is 0. The molecule has 1 aliphatic rings. The Morgan fingerprint density at radius 1 is 0.500 bits per heavy atom. The fraction of sp³-hybridized carbons (Fsp3) is 0. The maximum absolute atomic E-state index is 10.3. The predicted octanol–water partition coefficient (Wildman–Crippen LogP) is -2.06. The molecule has 0 aromatic heterocycles. The number of hydrogen-bond donors (Lipinski definition) is 0. The Morgan fingerprint density at radius 3 is 0.833 bits per heavy atom.